The summed E-state index contributed by atoms with van der Waals surface area (Å²) in [6, 6.07) is -0.573. The molecular weight excluding hydrogens is 216 g/mol. The van der Waals surface area contributed by atoms with Crippen molar-refractivity contribution in [3.05, 3.63) is 5.82 Å². The Labute approximate surface area is 91.0 Å². The van der Waals surface area contributed by atoms with Gasteiger partial charge in [-0.3, -0.25) is 0 Å². The summed E-state index contributed by atoms with van der Waals surface area (Å²) in [5.74, 6) is 0.609. The molecule has 0 fully saturated rings. The lowest BCUT2D eigenvalue weighted by molar-refractivity contribution is -0.137. The number of hydrogen-bond acceptors (Lipinski definition) is 5. The molecule has 1 aliphatic heterocycles. The first-order valence-corrected chi connectivity index (χ1v) is 5.65. The molecule has 6 nitrogen and oxygen atoms in total. The van der Waals surface area contributed by atoms with Gasteiger partial charge >= 0.3 is 5.97 Å². The molecule has 0 aliphatic carbocycles. The second-order valence-electron chi connectivity index (χ2n) is 3.66. The average Bonchev–Trinajstić information content (AvgIpc) is 2.59. The summed E-state index contributed by atoms with van der Waals surface area (Å²) in [6.45, 7) is 3.99. The molecule has 0 aromatic carbocycles. The number of rotatable bonds is 2. The monoisotopic (exact) mass is 228 g/mol. The molecule has 2 rings (SSSR count). The minimum Gasteiger partial charge on any atom is -0.480 e. The summed E-state index contributed by atoms with van der Waals surface area (Å²) in [6.07, 6.45) is 0. The van der Waals surface area contributed by atoms with Crippen LogP contribution in [0.4, 0.5) is 0 Å². The van der Waals surface area contributed by atoms with Crippen LogP contribution in [0.25, 0.3) is 0 Å². The molecule has 2 N–H and O–H groups in total. The Morgan fingerprint density at radius 2 is 2.40 bits per heavy atom. The molecule has 2 heterocycles. The quantitative estimate of drug-likeness (QED) is 0.767. The van der Waals surface area contributed by atoms with Crippen molar-refractivity contribution < 1.29 is 9.90 Å². The van der Waals surface area contributed by atoms with E-state index in [2.05, 4.69) is 15.6 Å². The number of nitrogens with zero attached hydrogens (tertiary/aromatic N) is 3. The second-order valence-corrected chi connectivity index (χ2v) is 4.65. The van der Waals surface area contributed by atoms with Crippen LogP contribution in [-0.4, -0.2) is 37.7 Å². The lowest BCUT2D eigenvalue weighted by Crippen LogP contribution is -2.41. The van der Waals surface area contributed by atoms with E-state index >= 15 is 0 Å². The number of fused-ring (bicyclic) bond motifs is 1. The van der Waals surface area contributed by atoms with Gasteiger partial charge in [0.2, 0.25) is 5.16 Å². The molecule has 15 heavy (non-hydrogen) atoms. The first kappa shape index (κ1) is 10.3. The molecule has 82 valence electrons. The Hall–Kier alpha value is -1.24. The highest BCUT2D eigenvalue weighted by atomic mass is 32.2. The molecule has 1 atom stereocenters. The zero-order chi connectivity index (χ0) is 11.0. The number of carbonyl (C=O) groups is 1. The molecule has 0 saturated carbocycles. The number of aliphatic carboxylic acids is 1. The minimum absolute atomic E-state index is 0.215. The van der Waals surface area contributed by atoms with Gasteiger partial charge in [-0.15, -0.1) is 10.2 Å². The van der Waals surface area contributed by atoms with E-state index in [1.807, 2.05) is 13.8 Å². The van der Waals surface area contributed by atoms with Crippen molar-refractivity contribution in [1.82, 2.24) is 14.9 Å². The molecule has 1 aromatic rings. The summed E-state index contributed by atoms with van der Waals surface area (Å²) in [5, 5.41) is 17.7. The van der Waals surface area contributed by atoms with Crippen LogP contribution >= 0.6 is 11.8 Å². The summed E-state index contributed by atoms with van der Waals surface area (Å²) in [5.41, 5.74) is 2.90. The van der Waals surface area contributed by atoms with Crippen molar-refractivity contribution in [2.75, 3.05) is 11.2 Å². The van der Waals surface area contributed by atoms with Crippen molar-refractivity contribution >= 4 is 17.7 Å². The topological polar surface area (TPSA) is 80.0 Å². The number of aromatic nitrogens is 3. The van der Waals surface area contributed by atoms with Crippen LogP contribution in [0.3, 0.4) is 0 Å². The number of carboxylic acids is 1. The van der Waals surface area contributed by atoms with E-state index < -0.39 is 12.0 Å². The first-order chi connectivity index (χ1) is 7.09. The Kier molecular flexibility index (Phi) is 2.56. The summed E-state index contributed by atoms with van der Waals surface area (Å²) < 4.78 is 1.68. The zero-order valence-electron chi connectivity index (χ0n) is 8.47. The Morgan fingerprint density at radius 3 is 3.00 bits per heavy atom. The highest BCUT2D eigenvalue weighted by Crippen LogP contribution is 2.24. The Balaban J connectivity index is 2.30. The van der Waals surface area contributed by atoms with Gasteiger partial charge in [0.25, 0.3) is 0 Å². The van der Waals surface area contributed by atoms with Crippen molar-refractivity contribution in [2.24, 2.45) is 0 Å². The van der Waals surface area contributed by atoms with E-state index in [0.717, 1.165) is 11.0 Å². The van der Waals surface area contributed by atoms with E-state index in [9.17, 15) is 4.79 Å². The zero-order valence-corrected chi connectivity index (χ0v) is 9.28. The Bertz CT molecular complexity index is 390. The number of hydrogen-bond donors (Lipinski definition) is 2. The third-order valence-corrected chi connectivity index (χ3v) is 3.16. The number of thioether (sulfide) groups is 1. The SMILES string of the molecule is CC(C)c1nnc2n1NC(C(=O)O)CS2. The van der Waals surface area contributed by atoms with E-state index in [1.54, 1.807) is 4.68 Å². The molecule has 0 bridgehead atoms. The molecule has 0 radical (unpaired) electrons. The highest BCUT2D eigenvalue weighted by Gasteiger charge is 2.27. The third kappa shape index (κ3) is 1.79. The summed E-state index contributed by atoms with van der Waals surface area (Å²) in [7, 11) is 0. The molecule has 1 aromatic heterocycles. The van der Waals surface area contributed by atoms with Gasteiger partial charge in [0.05, 0.1) is 0 Å². The molecule has 0 amide bonds. The average molecular weight is 228 g/mol. The first-order valence-electron chi connectivity index (χ1n) is 4.67. The third-order valence-electron chi connectivity index (χ3n) is 2.14. The van der Waals surface area contributed by atoms with E-state index in [0.29, 0.717) is 5.75 Å². The van der Waals surface area contributed by atoms with Crippen LogP contribution < -0.4 is 5.43 Å². The summed E-state index contributed by atoms with van der Waals surface area (Å²) in [4.78, 5) is 10.8. The Morgan fingerprint density at radius 1 is 1.67 bits per heavy atom. The van der Waals surface area contributed by atoms with Gasteiger partial charge in [-0.05, 0) is 0 Å². The van der Waals surface area contributed by atoms with E-state index in [4.69, 9.17) is 5.11 Å². The predicted molar refractivity (Wildman–Crippen MR) is 55.6 cm³/mol. The van der Waals surface area contributed by atoms with Crippen molar-refractivity contribution in [1.29, 1.82) is 0 Å². The van der Waals surface area contributed by atoms with Gasteiger partial charge in [-0.25, -0.2) is 9.47 Å². The lowest BCUT2D eigenvalue weighted by Gasteiger charge is -2.23. The number of carboxylic acid groups (broad SMARTS) is 1. The molecule has 0 saturated heterocycles. The van der Waals surface area contributed by atoms with Gasteiger partial charge in [-0.1, -0.05) is 25.6 Å². The fourth-order valence-electron chi connectivity index (χ4n) is 1.35. The van der Waals surface area contributed by atoms with Gasteiger partial charge in [0.15, 0.2) is 5.82 Å². The fourth-order valence-corrected chi connectivity index (χ4v) is 2.25. The largest absolute Gasteiger partial charge is 0.480 e. The van der Waals surface area contributed by atoms with Gasteiger partial charge in [-0.2, -0.15) is 0 Å². The van der Waals surface area contributed by atoms with Crippen LogP contribution in [0, 0.1) is 0 Å². The van der Waals surface area contributed by atoms with Gasteiger partial charge in [0.1, 0.15) is 6.04 Å². The molecule has 7 heteroatoms. The second kappa shape index (κ2) is 3.73. The van der Waals surface area contributed by atoms with Gasteiger partial charge < -0.3 is 10.5 Å². The van der Waals surface area contributed by atoms with Crippen LogP contribution in [0.5, 0.6) is 0 Å². The minimum atomic E-state index is -0.850. The molecule has 1 unspecified atom stereocenters. The van der Waals surface area contributed by atoms with Crippen LogP contribution in [0.1, 0.15) is 25.6 Å². The highest BCUT2D eigenvalue weighted by molar-refractivity contribution is 7.99. The van der Waals surface area contributed by atoms with Crippen molar-refractivity contribution in [2.45, 2.75) is 31.0 Å². The van der Waals surface area contributed by atoms with E-state index in [1.165, 1.54) is 11.8 Å². The smallest absolute Gasteiger partial charge is 0.328 e. The molecular formula is C8H12N4O2S. The maximum absolute atomic E-state index is 10.8. The van der Waals surface area contributed by atoms with Gasteiger partial charge in [0, 0.05) is 11.7 Å². The maximum atomic E-state index is 10.8. The van der Waals surface area contributed by atoms with E-state index in [-0.39, 0.29) is 5.92 Å². The van der Waals surface area contributed by atoms with Crippen LogP contribution in [-0.2, 0) is 4.79 Å². The fraction of sp³-hybridized carbons (Fsp3) is 0.625. The normalized spacial score (nSPS) is 19.8. The van der Waals surface area contributed by atoms with Crippen molar-refractivity contribution in [3.8, 4) is 0 Å². The standard InChI is InChI=1S/C8H12N4O2S/c1-4(2)6-9-10-8-12(6)11-5(3-15-8)7(13)14/h4-5,11H,3H2,1-2H3,(H,13,14). The molecule has 1 aliphatic rings. The maximum Gasteiger partial charge on any atom is 0.328 e. The van der Waals surface area contributed by atoms with Crippen molar-refractivity contribution in [3.63, 3.8) is 0 Å². The lowest BCUT2D eigenvalue weighted by atomic mass is 10.2. The van der Waals surface area contributed by atoms with Crippen LogP contribution in [0.2, 0.25) is 0 Å². The summed E-state index contributed by atoms with van der Waals surface area (Å²) >= 11 is 1.41. The molecule has 0 spiro atoms. The van der Waals surface area contributed by atoms with Crippen LogP contribution in [0.15, 0.2) is 5.16 Å². The predicted octanol–water partition coefficient (Wildman–Crippen LogP) is 0.504. The number of nitrogens with one attached hydrogen (secondary N) is 1.